The molecule has 2 amide bonds. The Kier molecular flexibility index (Phi) is 5.39. The van der Waals surface area contributed by atoms with Crippen molar-refractivity contribution in [1.29, 1.82) is 0 Å². The summed E-state index contributed by atoms with van der Waals surface area (Å²) in [4.78, 5) is 28.3. The number of rotatable bonds is 6. The van der Waals surface area contributed by atoms with Gasteiger partial charge in [-0.15, -0.1) is 0 Å². The normalized spacial score (nSPS) is 11.0. The second kappa shape index (κ2) is 8.64. The number of carbonyl (C=O) groups excluding carboxylic acids is 2. The number of H-pyrrole nitrogens is 1. The van der Waals surface area contributed by atoms with Crippen LogP contribution in [0.2, 0.25) is 0 Å². The van der Waals surface area contributed by atoms with E-state index in [1.165, 1.54) is 22.5 Å². The largest absolute Gasteiger partial charge is 0.361 e. The number of benzene rings is 3. The van der Waals surface area contributed by atoms with E-state index in [0.29, 0.717) is 23.5 Å². The molecule has 0 aliphatic carbocycles. The van der Waals surface area contributed by atoms with Crippen LogP contribution in [0.15, 0.2) is 79.0 Å². The molecule has 0 aliphatic heterocycles. The summed E-state index contributed by atoms with van der Waals surface area (Å²) in [6.07, 6.45) is 2.73. The van der Waals surface area contributed by atoms with Crippen molar-refractivity contribution in [3.8, 4) is 0 Å². The summed E-state index contributed by atoms with van der Waals surface area (Å²) in [5.41, 5.74) is 3.83. The topological polar surface area (TPSA) is 86.9 Å². The van der Waals surface area contributed by atoms with E-state index in [0.717, 1.165) is 22.0 Å². The maximum Gasteiger partial charge on any atom is 0.276 e. The van der Waals surface area contributed by atoms with Gasteiger partial charge in [0.15, 0.2) is 0 Å². The first kappa shape index (κ1) is 20.0. The molecule has 0 fully saturated rings. The predicted molar refractivity (Wildman–Crippen MR) is 128 cm³/mol. The molecule has 2 heterocycles. The summed E-state index contributed by atoms with van der Waals surface area (Å²) in [7, 11) is 0. The van der Waals surface area contributed by atoms with Gasteiger partial charge in [0.1, 0.15) is 5.69 Å². The molecular formula is C25H20N4O2S. The molecule has 0 aliphatic rings. The number of anilines is 1. The highest BCUT2D eigenvalue weighted by atomic mass is 32.1. The van der Waals surface area contributed by atoms with Crippen molar-refractivity contribution in [3.05, 3.63) is 95.8 Å². The molecule has 32 heavy (non-hydrogen) atoms. The smallest absolute Gasteiger partial charge is 0.276 e. The summed E-state index contributed by atoms with van der Waals surface area (Å²) in [5.74, 6) is -0.411. The Morgan fingerprint density at radius 3 is 2.47 bits per heavy atom. The van der Waals surface area contributed by atoms with E-state index in [2.05, 4.69) is 26.1 Å². The average molecular weight is 441 g/mol. The molecule has 0 spiro atoms. The molecule has 6 nitrogen and oxygen atoms in total. The quantitative estimate of drug-likeness (QED) is 0.347. The highest BCUT2D eigenvalue weighted by Gasteiger charge is 2.14. The molecule has 0 saturated heterocycles. The zero-order valence-electron chi connectivity index (χ0n) is 17.1. The van der Waals surface area contributed by atoms with Crippen molar-refractivity contribution in [3.63, 3.8) is 0 Å². The third-order valence-corrected chi connectivity index (χ3v) is 6.18. The van der Waals surface area contributed by atoms with Crippen molar-refractivity contribution in [2.75, 3.05) is 11.9 Å². The van der Waals surface area contributed by atoms with Crippen LogP contribution in [0.4, 0.5) is 5.69 Å². The Balaban J connectivity index is 1.18. The Morgan fingerprint density at radius 1 is 0.875 bits per heavy atom. The van der Waals surface area contributed by atoms with Crippen LogP contribution in [-0.4, -0.2) is 27.7 Å². The number of nitrogens with zero attached hydrogens (tertiary/aromatic N) is 1. The highest BCUT2D eigenvalue weighted by Crippen LogP contribution is 2.23. The lowest BCUT2D eigenvalue weighted by Crippen LogP contribution is -2.25. The van der Waals surface area contributed by atoms with Gasteiger partial charge in [-0.2, -0.15) is 4.37 Å². The molecule has 5 rings (SSSR count). The standard InChI is InChI=1S/C25H20N4O2S/c30-24(26-14-13-17-15-27-21-7-3-1-5-19(17)21)16-9-11-18(12-10-16)28-25(31)23-20-6-2-4-8-22(20)32-29-23/h1-12,15,27H,13-14H2,(H,26,30)(H,28,31). The lowest BCUT2D eigenvalue weighted by Gasteiger charge is -2.07. The molecule has 0 bridgehead atoms. The zero-order valence-corrected chi connectivity index (χ0v) is 17.9. The molecule has 3 N–H and O–H groups in total. The van der Waals surface area contributed by atoms with Crippen LogP contribution in [0.25, 0.3) is 21.0 Å². The van der Waals surface area contributed by atoms with Crippen LogP contribution in [0.5, 0.6) is 0 Å². The van der Waals surface area contributed by atoms with E-state index in [4.69, 9.17) is 0 Å². The Labute approximate surface area is 188 Å². The number of carbonyl (C=O) groups is 2. The SMILES string of the molecule is O=C(NCCc1c[nH]c2ccccc12)c1ccc(NC(=O)c2nsc3ccccc23)cc1. The number of amides is 2. The van der Waals surface area contributed by atoms with Crippen molar-refractivity contribution in [1.82, 2.24) is 14.7 Å². The van der Waals surface area contributed by atoms with Gasteiger partial charge in [-0.3, -0.25) is 9.59 Å². The van der Waals surface area contributed by atoms with E-state index in [1.54, 1.807) is 24.3 Å². The first-order chi connectivity index (χ1) is 15.7. The highest BCUT2D eigenvalue weighted by molar-refractivity contribution is 7.13. The van der Waals surface area contributed by atoms with Gasteiger partial charge in [-0.1, -0.05) is 36.4 Å². The second-order valence-corrected chi connectivity index (χ2v) is 8.23. The van der Waals surface area contributed by atoms with Crippen LogP contribution < -0.4 is 10.6 Å². The van der Waals surface area contributed by atoms with Crippen molar-refractivity contribution in [2.45, 2.75) is 6.42 Å². The third-order valence-electron chi connectivity index (χ3n) is 5.35. The molecule has 2 aromatic heterocycles. The third kappa shape index (κ3) is 3.98. The minimum atomic E-state index is -0.265. The van der Waals surface area contributed by atoms with Crippen LogP contribution >= 0.6 is 11.5 Å². The maximum absolute atomic E-state index is 12.6. The van der Waals surface area contributed by atoms with E-state index >= 15 is 0 Å². The molecule has 3 aromatic carbocycles. The zero-order chi connectivity index (χ0) is 21.9. The van der Waals surface area contributed by atoms with E-state index < -0.39 is 0 Å². The average Bonchev–Trinajstić information content (AvgIpc) is 3.44. The summed E-state index contributed by atoms with van der Waals surface area (Å²) in [5, 5.41) is 7.82. The van der Waals surface area contributed by atoms with Gasteiger partial charge in [0, 0.05) is 40.3 Å². The van der Waals surface area contributed by atoms with Gasteiger partial charge < -0.3 is 15.6 Å². The number of nitrogens with one attached hydrogen (secondary N) is 3. The fourth-order valence-corrected chi connectivity index (χ4v) is 4.47. The van der Waals surface area contributed by atoms with Crippen LogP contribution in [0.1, 0.15) is 26.4 Å². The summed E-state index contributed by atoms with van der Waals surface area (Å²) in [6, 6.07) is 22.6. The molecule has 0 radical (unpaired) electrons. The number of aromatic amines is 1. The van der Waals surface area contributed by atoms with Crippen LogP contribution in [-0.2, 0) is 6.42 Å². The molecule has 158 valence electrons. The van der Waals surface area contributed by atoms with Gasteiger partial charge in [-0.25, -0.2) is 0 Å². The number of aromatic nitrogens is 2. The van der Waals surface area contributed by atoms with Crippen molar-refractivity contribution < 1.29 is 9.59 Å². The Morgan fingerprint density at radius 2 is 1.62 bits per heavy atom. The maximum atomic E-state index is 12.6. The molecule has 0 unspecified atom stereocenters. The monoisotopic (exact) mass is 440 g/mol. The predicted octanol–water partition coefficient (Wildman–Crippen LogP) is 5.00. The molecule has 0 atom stereocenters. The van der Waals surface area contributed by atoms with Gasteiger partial charge in [0.2, 0.25) is 0 Å². The van der Waals surface area contributed by atoms with Crippen molar-refractivity contribution in [2.24, 2.45) is 0 Å². The fourth-order valence-electron chi connectivity index (χ4n) is 3.70. The summed E-state index contributed by atoms with van der Waals surface area (Å²) >= 11 is 1.30. The summed E-state index contributed by atoms with van der Waals surface area (Å²) in [6.45, 7) is 0.538. The minimum Gasteiger partial charge on any atom is -0.361 e. The van der Waals surface area contributed by atoms with Gasteiger partial charge in [0.25, 0.3) is 11.8 Å². The molecule has 7 heteroatoms. The molecule has 0 saturated carbocycles. The Hall–Kier alpha value is -3.97. The van der Waals surface area contributed by atoms with Gasteiger partial charge in [-0.05, 0) is 59.9 Å². The summed E-state index contributed by atoms with van der Waals surface area (Å²) < 4.78 is 5.24. The van der Waals surface area contributed by atoms with Crippen molar-refractivity contribution >= 4 is 50.0 Å². The van der Waals surface area contributed by atoms with Crippen LogP contribution in [0, 0.1) is 0 Å². The number of fused-ring (bicyclic) bond motifs is 2. The Bertz CT molecular complexity index is 1420. The molecule has 5 aromatic rings. The van der Waals surface area contributed by atoms with Crippen LogP contribution in [0.3, 0.4) is 0 Å². The lowest BCUT2D eigenvalue weighted by molar-refractivity contribution is 0.0953. The van der Waals surface area contributed by atoms with E-state index in [-0.39, 0.29) is 11.8 Å². The lowest BCUT2D eigenvalue weighted by atomic mass is 10.1. The fraction of sp³-hybridized carbons (Fsp3) is 0.0800. The van der Waals surface area contributed by atoms with Gasteiger partial charge >= 0.3 is 0 Å². The number of hydrogen-bond acceptors (Lipinski definition) is 4. The number of hydrogen-bond donors (Lipinski definition) is 3. The minimum absolute atomic E-state index is 0.145. The van der Waals surface area contributed by atoms with E-state index in [1.807, 2.05) is 48.7 Å². The van der Waals surface area contributed by atoms with E-state index in [9.17, 15) is 9.59 Å². The first-order valence-corrected chi connectivity index (χ1v) is 11.1. The van der Waals surface area contributed by atoms with Gasteiger partial charge in [0.05, 0.1) is 4.70 Å². The first-order valence-electron chi connectivity index (χ1n) is 10.3. The number of para-hydroxylation sites is 1. The second-order valence-electron chi connectivity index (χ2n) is 7.42. The molecular weight excluding hydrogens is 420 g/mol.